The van der Waals surface area contributed by atoms with Gasteiger partial charge in [0.2, 0.25) is 11.9 Å². The van der Waals surface area contributed by atoms with Crippen LogP contribution in [0.25, 0.3) is 11.3 Å². The fraction of sp³-hybridized carbons (Fsp3) is 0.308. The molecule has 6 rings (SSSR count). The molecule has 2 saturated carbocycles. The Morgan fingerprint density at radius 1 is 1.03 bits per heavy atom. The molecule has 2 heterocycles. The van der Waals surface area contributed by atoms with Crippen molar-refractivity contribution >= 4 is 29.1 Å². The van der Waals surface area contributed by atoms with Gasteiger partial charge in [0.05, 0.1) is 17.8 Å². The van der Waals surface area contributed by atoms with Gasteiger partial charge in [-0.2, -0.15) is 0 Å². The minimum Gasteiger partial charge on any atom is -0.349 e. The van der Waals surface area contributed by atoms with Crippen LogP contribution in [-0.2, 0) is 11.2 Å². The number of nitrogens with one attached hydrogen (secondary N) is 3. The lowest BCUT2D eigenvalue weighted by Crippen LogP contribution is -2.38. The van der Waals surface area contributed by atoms with Gasteiger partial charge < -0.3 is 16.0 Å². The van der Waals surface area contributed by atoms with E-state index in [1.54, 1.807) is 6.20 Å². The predicted molar refractivity (Wildman–Crippen MR) is 126 cm³/mol. The molecular formula is C26H25N5O2. The number of aromatic nitrogens is 2. The molecule has 33 heavy (non-hydrogen) atoms. The summed E-state index contributed by atoms with van der Waals surface area (Å²) in [5.41, 5.74) is 4.60. The number of fused-ring (bicyclic) bond motifs is 5. The third kappa shape index (κ3) is 3.84. The molecule has 0 unspecified atom stereocenters. The van der Waals surface area contributed by atoms with Gasteiger partial charge in [0.25, 0.3) is 5.91 Å². The van der Waals surface area contributed by atoms with E-state index in [0.29, 0.717) is 23.5 Å². The van der Waals surface area contributed by atoms with Crippen molar-refractivity contribution in [2.24, 2.45) is 11.8 Å². The molecule has 166 valence electrons. The van der Waals surface area contributed by atoms with Gasteiger partial charge in [-0.15, -0.1) is 0 Å². The fourth-order valence-corrected chi connectivity index (χ4v) is 5.50. The number of carbonyl (C=O) groups excluding carboxylic acids is 2. The van der Waals surface area contributed by atoms with Crippen molar-refractivity contribution in [3.8, 4) is 11.3 Å². The van der Waals surface area contributed by atoms with E-state index < -0.39 is 0 Å². The summed E-state index contributed by atoms with van der Waals surface area (Å²) in [4.78, 5) is 34.0. The molecule has 3 aliphatic rings. The summed E-state index contributed by atoms with van der Waals surface area (Å²) in [6.45, 7) is 0. The molecule has 0 spiro atoms. The summed E-state index contributed by atoms with van der Waals surface area (Å²) < 4.78 is 0. The van der Waals surface area contributed by atoms with Crippen molar-refractivity contribution in [1.29, 1.82) is 0 Å². The van der Waals surface area contributed by atoms with E-state index in [2.05, 4.69) is 20.9 Å². The summed E-state index contributed by atoms with van der Waals surface area (Å²) in [7, 11) is 0. The summed E-state index contributed by atoms with van der Waals surface area (Å²) in [6.07, 6.45) is 6.88. The summed E-state index contributed by atoms with van der Waals surface area (Å²) in [5, 5.41) is 9.37. The summed E-state index contributed by atoms with van der Waals surface area (Å²) >= 11 is 0. The Hall–Kier alpha value is -3.74. The number of amides is 2. The monoisotopic (exact) mass is 439 g/mol. The van der Waals surface area contributed by atoms with Crippen LogP contribution in [0.2, 0.25) is 0 Å². The Morgan fingerprint density at radius 3 is 2.67 bits per heavy atom. The summed E-state index contributed by atoms with van der Waals surface area (Å²) in [6, 6.07) is 15.3. The number of para-hydroxylation sites is 1. The zero-order chi connectivity index (χ0) is 22.4. The van der Waals surface area contributed by atoms with Crippen molar-refractivity contribution < 1.29 is 9.59 Å². The molecule has 0 saturated heterocycles. The van der Waals surface area contributed by atoms with Crippen molar-refractivity contribution in [3.63, 3.8) is 0 Å². The second-order valence-corrected chi connectivity index (χ2v) is 9.30. The molecule has 2 aromatic carbocycles. The zero-order valence-corrected chi connectivity index (χ0v) is 18.2. The van der Waals surface area contributed by atoms with Crippen LogP contribution in [0.15, 0.2) is 54.7 Å². The molecule has 1 aliphatic heterocycles. The van der Waals surface area contributed by atoms with Gasteiger partial charge in [-0.1, -0.05) is 24.6 Å². The lowest BCUT2D eigenvalue weighted by Gasteiger charge is -2.22. The molecular weight excluding hydrogens is 414 g/mol. The first-order chi connectivity index (χ1) is 16.1. The van der Waals surface area contributed by atoms with E-state index in [9.17, 15) is 9.59 Å². The highest BCUT2D eigenvalue weighted by Gasteiger charge is 2.40. The molecule has 3 aromatic rings. The predicted octanol–water partition coefficient (Wildman–Crippen LogP) is 4.30. The second kappa shape index (κ2) is 7.99. The highest BCUT2D eigenvalue weighted by Crippen LogP contribution is 2.44. The Kier molecular flexibility index (Phi) is 4.82. The van der Waals surface area contributed by atoms with Crippen molar-refractivity contribution in [3.05, 3.63) is 65.9 Å². The normalized spacial score (nSPS) is 22.7. The molecule has 2 bridgehead atoms. The van der Waals surface area contributed by atoms with Crippen LogP contribution in [0.4, 0.5) is 17.3 Å². The first-order valence-corrected chi connectivity index (χ1v) is 11.6. The van der Waals surface area contributed by atoms with E-state index in [1.165, 1.54) is 19.3 Å². The molecule has 3 N–H and O–H groups in total. The SMILES string of the molecule is O=C1Cc2cnc(Nc3ccc(C(=O)N[C@@H]4C[C@@H]5CC[C@@H]4C5)cc3)nc2-c2ccccc2N1. The molecule has 0 radical (unpaired) electrons. The van der Waals surface area contributed by atoms with Crippen molar-refractivity contribution in [2.45, 2.75) is 38.1 Å². The second-order valence-electron chi connectivity index (χ2n) is 9.30. The quantitative estimate of drug-likeness (QED) is 0.563. The number of carbonyl (C=O) groups is 2. The molecule has 3 atom stereocenters. The molecule has 2 amide bonds. The number of anilines is 3. The highest BCUT2D eigenvalue weighted by molar-refractivity contribution is 6.00. The maximum Gasteiger partial charge on any atom is 0.251 e. The van der Waals surface area contributed by atoms with Crippen LogP contribution in [0.3, 0.4) is 0 Å². The molecule has 2 aliphatic carbocycles. The third-order valence-corrected chi connectivity index (χ3v) is 7.13. The minimum absolute atomic E-state index is 0.00541. The van der Waals surface area contributed by atoms with E-state index in [1.807, 2.05) is 48.5 Å². The van der Waals surface area contributed by atoms with Gasteiger partial charge in [0, 0.05) is 34.6 Å². The maximum atomic E-state index is 12.7. The number of hydrogen-bond donors (Lipinski definition) is 3. The molecule has 2 fully saturated rings. The van der Waals surface area contributed by atoms with Gasteiger partial charge in [-0.25, -0.2) is 9.97 Å². The van der Waals surface area contributed by atoms with E-state index >= 15 is 0 Å². The Labute approximate surface area is 192 Å². The van der Waals surface area contributed by atoms with Crippen LogP contribution >= 0.6 is 0 Å². The Bertz CT molecular complexity index is 1240. The highest BCUT2D eigenvalue weighted by atomic mass is 16.2. The van der Waals surface area contributed by atoms with Gasteiger partial charge in [0.1, 0.15) is 0 Å². The number of hydrogen-bond acceptors (Lipinski definition) is 5. The number of benzene rings is 2. The molecule has 1 aromatic heterocycles. The van der Waals surface area contributed by atoms with Crippen LogP contribution < -0.4 is 16.0 Å². The van der Waals surface area contributed by atoms with Crippen LogP contribution in [0.1, 0.15) is 41.6 Å². The van der Waals surface area contributed by atoms with Gasteiger partial charge in [-0.05, 0) is 61.4 Å². The van der Waals surface area contributed by atoms with Gasteiger partial charge in [-0.3, -0.25) is 9.59 Å². The smallest absolute Gasteiger partial charge is 0.251 e. The van der Waals surface area contributed by atoms with Crippen LogP contribution in [0, 0.1) is 11.8 Å². The fourth-order valence-electron chi connectivity index (χ4n) is 5.50. The lowest BCUT2D eigenvalue weighted by molar-refractivity contribution is -0.115. The molecule has 7 nitrogen and oxygen atoms in total. The Morgan fingerprint density at radius 2 is 1.88 bits per heavy atom. The van der Waals surface area contributed by atoms with Crippen molar-refractivity contribution in [1.82, 2.24) is 15.3 Å². The molecule has 7 heteroatoms. The van der Waals surface area contributed by atoms with Crippen molar-refractivity contribution in [2.75, 3.05) is 10.6 Å². The Balaban J connectivity index is 1.19. The standard InChI is InChI=1S/C26H25N5O2/c32-23-13-18-14-27-26(31-24(18)20-3-1-2-4-21(20)29-23)28-19-9-7-16(8-10-19)25(33)30-22-12-15-5-6-17(22)11-15/h1-4,7-10,14-15,17,22H,5-6,11-13H2,(H,29,32)(H,30,33)(H,27,28,31)/t15-,17-,22-/m1/s1. The van der Waals surface area contributed by atoms with Gasteiger partial charge in [0.15, 0.2) is 0 Å². The third-order valence-electron chi connectivity index (χ3n) is 7.13. The van der Waals surface area contributed by atoms with E-state index in [0.717, 1.165) is 40.5 Å². The first kappa shape index (κ1) is 19.9. The maximum absolute atomic E-state index is 12.7. The average molecular weight is 440 g/mol. The minimum atomic E-state index is -0.0789. The largest absolute Gasteiger partial charge is 0.349 e. The average Bonchev–Trinajstić information content (AvgIpc) is 3.41. The number of rotatable bonds is 4. The van der Waals surface area contributed by atoms with Crippen LogP contribution in [-0.4, -0.2) is 27.8 Å². The first-order valence-electron chi connectivity index (χ1n) is 11.6. The topological polar surface area (TPSA) is 96.0 Å². The van der Waals surface area contributed by atoms with Crippen LogP contribution in [0.5, 0.6) is 0 Å². The summed E-state index contributed by atoms with van der Waals surface area (Å²) in [5.74, 6) is 1.81. The lowest BCUT2D eigenvalue weighted by atomic mass is 9.95. The van der Waals surface area contributed by atoms with Gasteiger partial charge >= 0.3 is 0 Å². The zero-order valence-electron chi connectivity index (χ0n) is 18.2. The van der Waals surface area contributed by atoms with E-state index in [4.69, 9.17) is 4.98 Å². The van der Waals surface area contributed by atoms with E-state index in [-0.39, 0.29) is 18.2 Å². The number of nitrogens with zero attached hydrogens (tertiary/aromatic N) is 2.